The highest BCUT2D eigenvalue weighted by Crippen LogP contribution is 2.19. The normalized spacial score (nSPS) is 22.9. The second-order valence-corrected chi connectivity index (χ2v) is 4.78. The predicted octanol–water partition coefficient (Wildman–Crippen LogP) is -0.621. The van der Waals surface area contributed by atoms with Gasteiger partial charge in [0.2, 0.25) is 11.8 Å². The van der Waals surface area contributed by atoms with Crippen LogP contribution >= 0.6 is 0 Å². The van der Waals surface area contributed by atoms with Gasteiger partial charge in [-0.15, -0.1) is 5.06 Å². The van der Waals surface area contributed by atoms with Crippen molar-refractivity contribution in [1.82, 2.24) is 9.96 Å². The molecule has 4 amide bonds. The highest BCUT2D eigenvalue weighted by Gasteiger charge is 2.36. The lowest BCUT2D eigenvalue weighted by molar-refractivity contribution is -0.197. The Bertz CT molecular complexity index is 484. The SMILES string of the molecule is CC1CC(=O)N(CCC(=O)ON2C(=O)CCC2=O)C1=O. The van der Waals surface area contributed by atoms with Crippen molar-refractivity contribution in [3.8, 4) is 0 Å². The number of rotatable bonds is 4. The zero-order chi connectivity index (χ0) is 14.9. The first-order chi connectivity index (χ1) is 9.40. The lowest BCUT2D eigenvalue weighted by Crippen LogP contribution is -2.35. The fourth-order valence-corrected chi connectivity index (χ4v) is 2.09. The van der Waals surface area contributed by atoms with E-state index in [1.54, 1.807) is 6.92 Å². The molecule has 2 heterocycles. The maximum atomic E-state index is 11.6. The summed E-state index contributed by atoms with van der Waals surface area (Å²) < 4.78 is 0. The number of hydrogen-bond acceptors (Lipinski definition) is 6. The molecule has 2 fully saturated rings. The summed E-state index contributed by atoms with van der Waals surface area (Å²) in [6.07, 6.45) is -0.0717. The van der Waals surface area contributed by atoms with Crippen LogP contribution in [0.1, 0.15) is 32.6 Å². The fourth-order valence-electron chi connectivity index (χ4n) is 2.09. The third-order valence-corrected chi connectivity index (χ3v) is 3.21. The molecule has 0 saturated carbocycles. The molecular formula is C12H14N2O6. The molecular weight excluding hydrogens is 268 g/mol. The topological polar surface area (TPSA) is 101 Å². The number of imide groups is 2. The average Bonchev–Trinajstić information content (AvgIpc) is 2.82. The maximum Gasteiger partial charge on any atom is 0.335 e. The minimum absolute atomic E-state index is 0.0206. The largest absolute Gasteiger partial charge is 0.335 e. The van der Waals surface area contributed by atoms with Gasteiger partial charge < -0.3 is 4.84 Å². The molecule has 1 unspecified atom stereocenters. The highest BCUT2D eigenvalue weighted by atomic mass is 16.7. The zero-order valence-corrected chi connectivity index (χ0v) is 11.0. The summed E-state index contributed by atoms with van der Waals surface area (Å²) in [6.45, 7) is 1.54. The van der Waals surface area contributed by atoms with Crippen molar-refractivity contribution in [3.05, 3.63) is 0 Å². The van der Waals surface area contributed by atoms with Gasteiger partial charge in [-0.1, -0.05) is 6.92 Å². The Morgan fingerprint density at radius 3 is 2.25 bits per heavy atom. The lowest BCUT2D eigenvalue weighted by atomic mass is 10.1. The molecule has 2 aliphatic rings. The van der Waals surface area contributed by atoms with Crippen LogP contribution in [0.2, 0.25) is 0 Å². The van der Waals surface area contributed by atoms with E-state index >= 15 is 0 Å². The molecule has 0 aromatic heterocycles. The summed E-state index contributed by atoms with van der Waals surface area (Å²) in [5.74, 6) is -2.98. The summed E-state index contributed by atoms with van der Waals surface area (Å²) in [5.41, 5.74) is 0. The molecule has 0 N–H and O–H groups in total. The van der Waals surface area contributed by atoms with Crippen LogP contribution < -0.4 is 0 Å². The number of likely N-dealkylation sites (tertiary alicyclic amines) is 1. The van der Waals surface area contributed by atoms with E-state index in [2.05, 4.69) is 4.84 Å². The molecule has 0 aromatic rings. The summed E-state index contributed by atoms with van der Waals surface area (Å²) in [6, 6.07) is 0. The monoisotopic (exact) mass is 282 g/mol. The van der Waals surface area contributed by atoms with Gasteiger partial charge in [-0.05, 0) is 0 Å². The van der Waals surface area contributed by atoms with E-state index < -0.39 is 17.8 Å². The quantitative estimate of drug-likeness (QED) is 0.637. The molecule has 0 radical (unpaired) electrons. The third kappa shape index (κ3) is 2.68. The van der Waals surface area contributed by atoms with Crippen molar-refractivity contribution in [1.29, 1.82) is 0 Å². The number of hydroxylamine groups is 2. The molecule has 0 aromatic carbocycles. The van der Waals surface area contributed by atoms with E-state index in [9.17, 15) is 24.0 Å². The highest BCUT2D eigenvalue weighted by molar-refractivity contribution is 6.03. The van der Waals surface area contributed by atoms with Gasteiger partial charge in [0.05, 0.1) is 6.42 Å². The van der Waals surface area contributed by atoms with Crippen molar-refractivity contribution >= 4 is 29.6 Å². The van der Waals surface area contributed by atoms with Crippen LogP contribution in [0.15, 0.2) is 0 Å². The maximum absolute atomic E-state index is 11.6. The smallest absolute Gasteiger partial charge is 0.330 e. The second-order valence-electron chi connectivity index (χ2n) is 4.78. The van der Waals surface area contributed by atoms with E-state index in [-0.39, 0.29) is 50.0 Å². The van der Waals surface area contributed by atoms with E-state index in [0.717, 1.165) is 4.90 Å². The summed E-state index contributed by atoms with van der Waals surface area (Å²) in [4.78, 5) is 62.7. The molecule has 0 bridgehead atoms. The molecule has 108 valence electrons. The van der Waals surface area contributed by atoms with Crippen LogP contribution in [0.5, 0.6) is 0 Å². The molecule has 1 atom stereocenters. The Morgan fingerprint density at radius 1 is 1.15 bits per heavy atom. The lowest BCUT2D eigenvalue weighted by Gasteiger charge is -2.15. The molecule has 2 aliphatic heterocycles. The minimum atomic E-state index is -0.825. The van der Waals surface area contributed by atoms with E-state index in [4.69, 9.17) is 0 Å². The van der Waals surface area contributed by atoms with Crippen LogP contribution in [-0.4, -0.2) is 46.1 Å². The van der Waals surface area contributed by atoms with Crippen LogP contribution in [0.25, 0.3) is 0 Å². The standard InChI is InChI=1S/C12H14N2O6/c1-7-6-10(17)13(12(7)19)5-4-11(18)20-14-8(15)2-3-9(14)16/h7H,2-6H2,1H3. The predicted molar refractivity (Wildman–Crippen MR) is 62.3 cm³/mol. The van der Waals surface area contributed by atoms with Gasteiger partial charge in [0, 0.05) is 31.7 Å². The van der Waals surface area contributed by atoms with Crippen molar-refractivity contribution in [2.24, 2.45) is 5.92 Å². The van der Waals surface area contributed by atoms with E-state index in [0.29, 0.717) is 5.06 Å². The van der Waals surface area contributed by atoms with E-state index in [1.165, 1.54) is 0 Å². The van der Waals surface area contributed by atoms with Gasteiger partial charge in [-0.25, -0.2) is 4.79 Å². The number of hydrogen-bond donors (Lipinski definition) is 0. The van der Waals surface area contributed by atoms with Crippen LogP contribution in [0.3, 0.4) is 0 Å². The second kappa shape index (κ2) is 5.40. The van der Waals surface area contributed by atoms with Crippen LogP contribution in [0, 0.1) is 5.92 Å². The first-order valence-electron chi connectivity index (χ1n) is 6.31. The Balaban J connectivity index is 1.84. The van der Waals surface area contributed by atoms with Crippen molar-refractivity contribution in [2.75, 3.05) is 6.54 Å². The minimum Gasteiger partial charge on any atom is -0.330 e. The molecule has 2 rings (SSSR count). The summed E-state index contributed by atoms with van der Waals surface area (Å²) >= 11 is 0. The van der Waals surface area contributed by atoms with Gasteiger partial charge in [0.25, 0.3) is 11.8 Å². The Hall–Kier alpha value is -2.25. The number of amides is 4. The fraction of sp³-hybridized carbons (Fsp3) is 0.583. The first kappa shape index (κ1) is 14.2. The first-order valence-corrected chi connectivity index (χ1v) is 6.31. The van der Waals surface area contributed by atoms with Crippen molar-refractivity contribution < 1.29 is 28.8 Å². The molecule has 2 saturated heterocycles. The summed E-state index contributed by atoms with van der Waals surface area (Å²) in [5, 5.41) is 0.443. The Morgan fingerprint density at radius 2 is 1.75 bits per heavy atom. The zero-order valence-electron chi connectivity index (χ0n) is 11.0. The van der Waals surface area contributed by atoms with Gasteiger partial charge in [-0.2, -0.15) is 0 Å². The summed E-state index contributed by atoms with van der Waals surface area (Å²) in [7, 11) is 0. The van der Waals surface area contributed by atoms with Crippen molar-refractivity contribution in [2.45, 2.75) is 32.6 Å². The number of nitrogens with zero attached hydrogens (tertiary/aromatic N) is 2. The molecule has 8 nitrogen and oxygen atoms in total. The Labute approximate surface area is 114 Å². The van der Waals surface area contributed by atoms with Gasteiger partial charge in [-0.3, -0.25) is 24.1 Å². The van der Waals surface area contributed by atoms with Gasteiger partial charge >= 0.3 is 5.97 Å². The van der Waals surface area contributed by atoms with Crippen LogP contribution in [0.4, 0.5) is 0 Å². The van der Waals surface area contributed by atoms with Crippen molar-refractivity contribution in [3.63, 3.8) is 0 Å². The van der Waals surface area contributed by atoms with Gasteiger partial charge in [0.15, 0.2) is 0 Å². The Kier molecular flexibility index (Phi) is 3.82. The van der Waals surface area contributed by atoms with Gasteiger partial charge in [0.1, 0.15) is 0 Å². The number of carbonyl (C=O) groups is 5. The molecule has 8 heteroatoms. The van der Waals surface area contributed by atoms with Crippen LogP contribution in [-0.2, 0) is 28.8 Å². The van der Waals surface area contributed by atoms with E-state index in [1.807, 2.05) is 0 Å². The average molecular weight is 282 g/mol. The molecule has 20 heavy (non-hydrogen) atoms. The molecule has 0 spiro atoms. The number of carbonyl (C=O) groups excluding carboxylic acids is 5. The third-order valence-electron chi connectivity index (χ3n) is 3.21. The molecule has 0 aliphatic carbocycles.